The summed E-state index contributed by atoms with van der Waals surface area (Å²) in [7, 11) is 4.11. The van der Waals surface area contributed by atoms with E-state index in [0.29, 0.717) is 6.04 Å². The van der Waals surface area contributed by atoms with Crippen LogP contribution in [-0.4, -0.2) is 50.1 Å². The zero-order valence-corrected chi connectivity index (χ0v) is 11.6. The minimum absolute atomic E-state index is 0.160. The topological polar surface area (TPSA) is 44.4 Å². The van der Waals surface area contributed by atoms with Crippen LogP contribution in [-0.2, 0) is 4.79 Å². The van der Waals surface area contributed by atoms with Crippen molar-refractivity contribution < 1.29 is 4.79 Å². The summed E-state index contributed by atoms with van der Waals surface area (Å²) in [5.41, 5.74) is 0. The SMILES string of the molecule is CC1CCC(C(=O)NC(C)CCN(C)C)CN1. The fraction of sp³-hybridized carbons (Fsp3) is 0.923. The molecular weight excluding hydrogens is 214 g/mol. The third-order valence-electron chi connectivity index (χ3n) is 3.43. The monoisotopic (exact) mass is 241 g/mol. The Hall–Kier alpha value is -0.610. The summed E-state index contributed by atoms with van der Waals surface area (Å²) in [6.45, 7) is 6.10. The van der Waals surface area contributed by atoms with Gasteiger partial charge in [-0.15, -0.1) is 0 Å². The van der Waals surface area contributed by atoms with Crippen LogP contribution in [0.1, 0.15) is 33.1 Å². The van der Waals surface area contributed by atoms with E-state index in [2.05, 4.69) is 43.5 Å². The highest BCUT2D eigenvalue weighted by atomic mass is 16.1. The van der Waals surface area contributed by atoms with Gasteiger partial charge in [0.25, 0.3) is 0 Å². The molecule has 3 atom stereocenters. The number of piperidine rings is 1. The first-order valence-electron chi connectivity index (χ1n) is 6.67. The lowest BCUT2D eigenvalue weighted by Gasteiger charge is -2.28. The van der Waals surface area contributed by atoms with Crippen LogP contribution in [0.25, 0.3) is 0 Å². The molecule has 0 aromatic carbocycles. The molecular formula is C13H27N3O. The van der Waals surface area contributed by atoms with Gasteiger partial charge in [0, 0.05) is 18.6 Å². The van der Waals surface area contributed by atoms with Crippen molar-refractivity contribution in [2.24, 2.45) is 5.92 Å². The maximum absolute atomic E-state index is 12.0. The zero-order chi connectivity index (χ0) is 12.8. The van der Waals surface area contributed by atoms with Crippen molar-refractivity contribution in [3.05, 3.63) is 0 Å². The molecule has 0 saturated carbocycles. The van der Waals surface area contributed by atoms with Gasteiger partial charge in [-0.2, -0.15) is 0 Å². The highest BCUT2D eigenvalue weighted by Crippen LogP contribution is 2.14. The predicted molar refractivity (Wildman–Crippen MR) is 71.0 cm³/mol. The Bertz CT molecular complexity index is 235. The van der Waals surface area contributed by atoms with E-state index in [9.17, 15) is 4.79 Å². The summed E-state index contributed by atoms with van der Waals surface area (Å²) >= 11 is 0. The van der Waals surface area contributed by atoms with Crippen molar-refractivity contribution in [3.63, 3.8) is 0 Å². The Morgan fingerprint density at radius 1 is 1.47 bits per heavy atom. The van der Waals surface area contributed by atoms with E-state index in [1.54, 1.807) is 0 Å². The van der Waals surface area contributed by atoms with Crippen molar-refractivity contribution in [3.8, 4) is 0 Å². The lowest BCUT2D eigenvalue weighted by atomic mass is 9.94. The van der Waals surface area contributed by atoms with E-state index in [-0.39, 0.29) is 17.9 Å². The molecule has 1 rings (SSSR count). The van der Waals surface area contributed by atoms with Gasteiger partial charge in [0.15, 0.2) is 0 Å². The van der Waals surface area contributed by atoms with E-state index >= 15 is 0 Å². The van der Waals surface area contributed by atoms with Gasteiger partial charge in [0.1, 0.15) is 0 Å². The number of amides is 1. The van der Waals surface area contributed by atoms with Gasteiger partial charge >= 0.3 is 0 Å². The van der Waals surface area contributed by atoms with Crippen molar-refractivity contribution >= 4 is 5.91 Å². The van der Waals surface area contributed by atoms with Crippen LogP contribution in [0, 0.1) is 5.92 Å². The van der Waals surface area contributed by atoms with Crippen molar-refractivity contribution in [1.82, 2.24) is 15.5 Å². The molecule has 0 spiro atoms. The lowest BCUT2D eigenvalue weighted by molar-refractivity contribution is -0.126. The molecule has 1 saturated heterocycles. The second-order valence-corrected chi connectivity index (χ2v) is 5.59. The van der Waals surface area contributed by atoms with E-state index in [4.69, 9.17) is 0 Å². The Labute approximate surface area is 105 Å². The Morgan fingerprint density at radius 2 is 2.18 bits per heavy atom. The minimum atomic E-state index is 0.160. The second-order valence-electron chi connectivity index (χ2n) is 5.59. The summed E-state index contributed by atoms with van der Waals surface area (Å²) in [5.74, 6) is 0.378. The van der Waals surface area contributed by atoms with E-state index < -0.39 is 0 Å². The number of carbonyl (C=O) groups is 1. The van der Waals surface area contributed by atoms with Crippen LogP contribution in [0.3, 0.4) is 0 Å². The smallest absolute Gasteiger partial charge is 0.224 e. The normalized spacial score (nSPS) is 26.9. The van der Waals surface area contributed by atoms with Gasteiger partial charge in [-0.25, -0.2) is 0 Å². The summed E-state index contributed by atoms with van der Waals surface area (Å²) in [6.07, 6.45) is 3.12. The molecule has 1 aliphatic heterocycles. The minimum Gasteiger partial charge on any atom is -0.353 e. The molecule has 1 heterocycles. The molecule has 1 fully saturated rings. The van der Waals surface area contributed by atoms with Gasteiger partial charge in [-0.1, -0.05) is 0 Å². The molecule has 0 aromatic heterocycles. The molecule has 4 nitrogen and oxygen atoms in total. The molecule has 0 aliphatic carbocycles. The molecule has 0 radical (unpaired) electrons. The van der Waals surface area contributed by atoms with E-state index in [1.165, 1.54) is 0 Å². The molecule has 0 bridgehead atoms. The predicted octanol–water partition coefficient (Wildman–Crippen LogP) is 0.831. The van der Waals surface area contributed by atoms with Crippen molar-refractivity contribution in [2.75, 3.05) is 27.2 Å². The Morgan fingerprint density at radius 3 is 2.71 bits per heavy atom. The van der Waals surface area contributed by atoms with E-state index in [1.807, 2.05) is 0 Å². The summed E-state index contributed by atoms with van der Waals surface area (Å²) < 4.78 is 0. The largest absolute Gasteiger partial charge is 0.353 e. The van der Waals surface area contributed by atoms with Gasteiger partial charge in [0.2, 0.25) is 5.91 Å². The summed E-state index contributed by atoms with van der Waals surface area (Å²) in [6, 6.07) is 0.828. The van der Waals surface area contributed by atoms with Crippen LogP contribution in [0.4, 0.5) is 0 Å². The molecule has 1 amide bonds. The molecule has 2 N–H and O–H groups in total. The van der Waals surface area contributed by atoms with Crippen molar-refractivity contribution in [1.29, 1.82) is 0 Å². The van der Waals surface area contributed by atoms with Crippen LogP contribution in [0.5, 0.6) is 0 Å². The average molecular weight is 241 g/mol. The van der Waals surface area contributed by atoms with Crippen LogP contribution < -0.4 is 10.6 Å². The number of nitrogens with zero attached hydrogens (tertiary/aromatic N) is 1. The fourth-order valence-corrected chi connectivity index (χ4v) is 2.11. The maximum atomic E-state index is 12.0. The lowest BCUT2D eigenvalue weighted by Crippen LogP contribution is -2.46. The van der Waals surface area contributed by atoms with Gasteiger partial charge in [0.05, 0.1) is 5.92 Å². The summed E-state index contributed by atoms with van der Waals surface area (Å²) in [4.78, 5) is 14.1. The third kappa shape index (κ3) is 5.50. The quantitative estimate of drug-likeness (QED) is 0.749. The first-order valence-corrected chi connectivity index (χ1v) is 6.67. The van der Waals surface area contributed by atoms with Gasteiger partial charge in [-0.05, 0) is 53.8 Å². The molecule has 0 aromatic rings. The molecule has 1 aliphatic rings. The van der Waals surface area contributed by atoms with Crippen molar-refractivity contribution in [2.45, 2.75) is 45.2 Å². The standard InChI is InChI=1S/C13H27N3O/c1-10-5-6-12(9-14-10)13(17)15-11(2)7-8-16(3)4/h10-12,14H,5-9H2,1-4H3,(H,15,17). The Balaban J connectivity index is 2.23. The highest BCUT2D eigenvalue weighted by Gasteiger charge is 2.24. The molecule has 3 unspecified atom stereocenters. The highest BCUT2D eigenvalue weighted by molar-refractivity contribution is 5.79. The number of nitrogens with one attached hydrogen (secondary N) is 2. The maximum Gasteiger partial charge on any atom is 0.224 e. The second kappa shape index (κ2) is 6.97. The zero-order valence-electron chi connectivity index (χ0n) is 11.6. The van der Waals surface area contributed by atoms with Gasteiger partial charge < -0.3 is 15.5 Å². The summed E-state index contributed by atoms with van der Waals surface area (Å²) in [5, 5.41) is 6.48. The Kier molecular flexibility index (Phi) is 5.92. The average Bonchev–Trinajstić information content (AvgIpc) is 2.27. The molecule has 100 valence electrons. The molecule has 4 heteroatoms. The van der Waals surface area contributed by atoms with E-state index in [0.717, 1.165) is 32.4 Å². The first kappa shape index (κ1) is 14.5. The van der Waals surface area contributed by atoms with Crippen LogP contribution in [0.15, 0.2) is 0 Å². The number of carbonyl (C=O) groups excluding carboxylic acids is 1. The van der Waals surface area contributed by atoms with Crippen LogP contribution >= 0.6 is 0 Å². The number of hydrogen-bond acceptors (Lipinski definition) is 3. The number of hydrogen-bond donors (Lipinski definition) is 2. The third-order valence-corrected chi connectivity index (χ3v) is 3.43. The van der Waals surface area contributed by atoms with Crippen LogP contribution in [0.2, 0.25) is 0 Å². The van der Waals surface area contributed by atoms with Gasteiger partial charge in [-0.3, -0.25) is 4.79 Å². The first-order chi connectivity index (χ1) is 7.99. The fourth-order valence-electron chi connectivity index (χ4n) is 2.11. The number of rotatable bonds is 5. The molecule has 17 heavy (non-hydrogen) atoms.